The maximum Gasteiger partial charge on any atom is 0.254 e. The summed E-state index contributed by atoms with van der Waals surface area (Å²) in [5.41, 5.74) is 1.66. The van der Waals surface area contributed by atoms with Crippen molar-refractivity contribution in [3.8, 4) is 0 Å². The molecule has 0 aliphatic carbocycles. The molecule has 1 heterocycles. The number of carbonyl (C=O) groups is 1. The molecule has 98 valence electrons. The van der Waals surface area contributed by atoms with Gasteiger partial charge in [-0.05, 0) is 44.5 Å². The molecule has 2 rings (SSSR count). The van der Waals surface area contributed by atoms with Gasteiger partial charge < -0.3 is 10.2 Å². The predicted octanol–water partition coefficient (Wildman–Crippen LogP) is 2.47. The normalized spacial score (nSPS) is 24.1. The third-order valence-electron chi connectivity index (χ3n) is 3.70. The van der Waals surface area contributed by atoms with E-state index in [-0.39, 0.29) is 11.9 Å². The molecule has 1 aliphatic rings. The van der Waals surface area contributed by atoms with Crippen LogP contribution in [0.1, 0.15) is 29.8 Å². The van der Waals surface area contributed by atoms with Crippen molar-refractivity contribution in [1.82, 2.24) is 10.2 Å². The van der Waals surface area contributed by atoms with E-state index >= 15 is 0 Å². The summed E-state index contributed by atoms with van der Waals surface area (Å²) in [4.78, 5) is 14.4. The fourth-order valence-electron chi connectivity index (χ4n) is 2.29. The van der Waals surface area contributed by atoms with Crippen LogP contribution in [0.2, 0.25) is 5.02 Å². The second-order valence-electron chi connectivity index (χ2n) is 4.95. The van der Waals surface area contributed by atoms with Gasteiger partial charge in [-0.2, -0.15) is 0 Å². The van der Waals surface area contributed by atoms with E-state index in [0.29, 0.717) is 11.1 Å². The van der Waals surface area contributed by atoms with Crippen molar-refractivity contribution in [1.29, 1.82) is 0 Å². The number of carbonyl (C=O) groups excluding carboxylic acids is 1. The van der Waals surface area contributed by atoms with E-state index in [0.717, 1.165) is 24.2 Å². The Balaban J connectivity index is 2.22. The monoisotopic (exact) mass is 266 g/mol. The number of aryl methyl sites for hydroxylation is 1. The van der Waals surface area contributed by atoms with Gasteiger partial charge in [-0.3, -0.25) is 4.79 Å². The summed E-state index contributed by atoms with van der Waals surface area (Å²) in [5.74, 6) is 0.0932. The van der Waals surface area contributed by atoms with Crippen LogP contribution in [0.5, 0.6) is 0 Å². The average molecular weight is 267 g/mol. The summed E-state index contributed by atoms with van der Waals surface area (Å²) in [5, 5.41) is 4.08. The number of nitrogens with one attached hydrogen (secondary N) is 1. The van der Waals surface area contributed by atoms with Crippen LogP contribution in [0, 0.1) is 6.92 Å². The lowest BCUT2D eigenvalue weighted by Gasteiger charge is -2.38. The molecule has 1 fully saturated rings. The molecule has 0 saturated carbocycles. The fourth-order valence-corrected chi connectivity index (χ4v) is 2.40. The Hall–Kier alpha value is -1.06. The zero-order valence-electron chi connectivity index (χ0n) is 11.0. The molecule has 0 bridgehead atoms. The van der Waals surface area contributed by atoms with Crippen molar-refractivity contribution in [2.75, 3.05) is 13.1 Å². The first-order chi connectivity index (χ1) is 8.50. The van der Waals surface area contributed by atoms with E-state index in [2.05, 4.69) is 19.2 Å². The lowest BCUT2D eigenvalue weighted by molar-refractivity contribution is 0.0603. The Morgan fingerprint density at radius 2 is 2.17 bits per heavy atom. The van der Waals surface area contributed by atoms with Gasteiger partial charge in [0.2, 0.25) is 0 Å². The zero-order chi connectivity index (χ0) is 13.3. The highest BCUT2D eigenvalue weighted by atomic mass is 35.5. The first-order valence-corrected chi connectivity index (χ1v) is 6.69. The molecular formula is C14H19ClN2O. The predicted molar refractivity (Wildman–Crippen MR) is 74.2 cm³/mol. The van der Waals surface area contributed by atoms with Gasteiger partial charge in [0.05, 0.1) is 0 Å². The zero-order valence-corrected chi connectivity index (χ0v) is 11.8. The summed E-state index contributed by atoms with van der Waals surface area (Å²) in [7, 11) is 0. The molecule has 2 unspecified atom stereocenters. The van der Waals surface area contributed by atoms with E-state index in [9.17, 15) is 4.79 Å². The summed E-state index contributed by atoms with van der Waals surface area (Å²) < 4.78 is 0. The number of hydrogen-bond acceptors (Lipinski definition) is 2. The van der Waals surface area contributed by atoms with E-state index in [4.69, 9.17) is 11.6 Å². The third-order valence-corrected chi connectivity index (χ3v) is 4.12. The highest BCUT2D eigenvalue weighted by molar-refractivity contribution is 6.31. The molecule has 1 N–H and O–H groups in total. The standard InChI is InChI=1S/C14H19ClN2O/c1-9-8-12(4-5-13(9)15)14(18)17-7-6-16-10(2)11(17)3/h4-5,8,10-11,16H,6-7H2,1-3H3. The van der Waals surface area contributed by atoms with Crippen molar-refractivity contribution < 1.29 is 4.79 Å². The van der Waals surface area contributed by atoms with Crippen molar-refractivity contribution in [2.24, 2.45) is 0 Å². The molecule has 2 atom stereocenters. The number of rotatable bonds is 1. The van der Waals surface area contributed by atoms with Crippen LogP contribution < -0.4 is 5.32 Å². The number of halogens is 1. The van der Waals surface area contributed by atoms with E-state index in [1.807, 2.05) is 17.9 Å². The maximum absolute atomic E-state index is 12.5. The molecule has 1 aromatic rings. The van der Waals surface area contributed by atoms with Gasteiger partial charge in [0.1, 0.15) is 0 Å². The van der Waals surface area contributed by atoms with Crippen molar-refractivity contribution in [2.45, 2.75) is 32.9 Å². The quantitative estimate of drug-likeness (QED) is 0.847. The Labute approximate surface area is 113 Å². The van der Waals surface area contributed by atoms with Crippen molar-refractivity contribution in [3.05, 3.63) is 34.3 Å². The molecule has 0 spiro atoms. The van der Waals surface area contributed by atoms with Gasteiger partial charge in [0, 0.05) is 35.8 Å². The van der Waals surface area contributed by atoms with Gasteiger partial charge in [0.15, 0.2) is 0 Å². The topological polar surface area (TPSA) is 32.3 Å². The Kier molecular flexibility index (Phi) is 3.93. The Bertz CT molecular complexity index is 461. The van der Waals surface area contributed by atoms with Gasteiger partial charge in [0.25, 0.3) is 5.91 Å². The second-order valence-corrected chi connectivity index (χ2v) is 5.35. The van der Waals surface area contributed by atoms with Gasteiger partial charge >= 0.3 is 0 Å². The van der Waals surface area contributed by atoms with Crippen LogP contribution in [0.4, 0.5) is 0 Å². The minimum atomic E-state index is 0.0932. The molecule has 0 radical (unpaired) electrons. The number of nitrogens with zero attached hydrogens (tertiary/aromatic N) is 1. The number of piperazine rings is 1. The molecule has 0 aromatic heterocycles. The summed E-state index contributed by atoms with van der Waals surface area (Å²) in [6.45, 7) is 7.72. The molecular weight excluding hydrogens is 248 g/mol. The van der Waals surface area contributed by atoms with E-state index in [1.54, 1.807) is 12.1 Å². The highest BCUT2D eigenvalue weighted by Crippen LogP contribution is 2.19. The summed E-state index contributed by atoms with van der Waals surface area (Å²) in [6.07, 6.45) is 0. The van der Waals surface area contributed by atoms with Crippen LogP contribution in [0.15, 0.2) is 18.2 Å². The largest absolute Gasteiger partial charge is 0.333 e. The van der Waals surface area contributed by atoms with Crippen LogP contribution >= 0.6 is 11.6 Å². The molecule has 18 heavy (non-hydrogen) atoms. The molecule has 1 saturated heterocycles. The SMILES string of the molecule is Cc1cc(C(=O)N2CCNC(C)C2C)ccc1Cl. The van der Waals surface area contributed by atoms with Crippen LogP contribution in [-0.2, 0) is 0 Å². The smallest absolute Gasteiger partial charge is 0.254 e. The number of benzene rings is 1. The van der Waals surface area contributed by atoms with Crippen LogP contribution in [0.3, 0.4) is 0 Å². The van der Waals surface area contributed by atoms with Gasteiger partial charge in [-0.15, -0.1) is 0 Å². The first-order valence-electron chi connectivity index (χ1n) is 6.31. The van der Waals surface area contributed by atoms with Crippen molar-refractivity contribution in [3.63, 3.8) is 0 Å². The lowest BCUT2D eigenvalue weighted by Crippen LogP contribution is -2.57. The third kappa shape index (κ3) is 2.52. The van der Waals surface area contributed by atoms with Crippen LogP contribution in [-0.4, -0.2) is 36.0 Å². The number of hydrogen-bond donors (Lipinski definition) is 1. The van der Waals surface area contributed by atoms with E-state index < -0.39 is 0 Å². The molecule has 1 amide bonds. The van der Waals surface area contributed by atoms with Crippen LogP contribution in [0.25, 0.3) is 0 Å². The molecule has 3 nitrogen and oxygen atoms in total. The van der Waals surface area contributed by atoms with Gasteiger partial charge in [-0.1, -0.05) is 11.6 Å². The highest BCUT2D eigenvalue weighted by Gasteiger charge is 2.28. The number of amides is 1. The minimum Gasteiger partial charge on any atom is -0.333 e. The lowest BCUT2D eigenvalue weighted by atomic mass is 10.0. The average Bonchev–Trinajstić information content (AvgIpc) is 2.35. The minimum absolute atomic E-state index is 0.0932. The maximum atomic E-state index is 12.5. The van der Waals surface area contributed by atoms with E-state index in [1.165, 1.54) is 0 Å². The first kappa shape index (κ1) is 13.4. The Morgan fingerprint density at radius 3 is 2.83 bits per heavy atom. The molecule has 1 aromatic carbocycles. The summed E-state index contributed by atoms with van der Waals surface area (Å²) >= 11 is 5.99. The Morgan fingerprint density at radius 1 is 1.44 bits per heavy atom. The van der Waals surface area contributed by atoms with Crippen molar-refractivity contribution >= 4 is 17.5 Å². The second kappa shape index (κ2) is 5.29. The van der Waals surface area contributed by atoms with Gasteiger partial charge in [-0.25, -0.2) is 0 Å². The fraction of sp³-hybridized carbons (Fsp3) is 0.500. The summed E-state index contributed by atoms with van der Waals surface area (Å²) in [6, 6.07) is 6.00. The molecule has 4 heteroatoms. The molecule has 1 aliphatic heterocycles.